The van der Waals surface area contributed by atoms with Crippen LogP contribution in [0.25, 0.3) is 0 Å². The van der Waals surface area contributed by atoms with Crippen molar-refractivity contribution in [3.8, 4) is 0 Å². The van der Waals surface area contributed by atoms with E-state index in [1.54, 1.807) is 0 Å². The van der Waals surface area contributed by atoms with Crippen LogP contribution in [-0.4, -0.2) is 50.0 Å². The van der Waals surface area contributed by atoms with Gasteiger partial charge in [-0.25, -0.2) is 9.59 Å². The number of carbonyl (C=O) groups is 3. The number of hydrogen-bond donors (Lipinski definition) is 1. The third kappa shape index (κ3) is 11.9. The van der Waals surface area contributed by atoms with Crippen molar-refractivity contribution in [1.82, 2.24) is 0 Å². The van der Waals surface area contributed by atoms with E-state index in [2.05, 4.69) is 17.9 Å². The maximum absolute atomic E-state index is 11.7. The Labute approximate surface area is 184 Å². The SMILES string of the molecule is C=C(C)C(=O)OCC(COC(=O)C(=C)C)C(=O)OCS(=O)(=O)O.[H-].[K+]. The van der Waals surface area contributed by atoms with Crippen molar-refractivity contribution in [3.63, 3.8) is 0 Å². The number of ether oxygens (including phenoxy) is 3. The molecule has 0 atom stereocenters. The molecule has 0 saturated carbocycles. The summed E-state index contributed by atoms with van der Waals surface area (Å²) in [6.07, 6.45) is 0. The second-order valence-electron chi connectivity index (χ2n) is 4.62. The molecule has 0 saturated heterocycles. The summed E-state index contributed by atoms with van der Waals surface area (Å²) in [6, 6.07) is 0. The van der Waals surface area contributed by atoms with Crippen LogP contribution in [0.2, 0.25) is 0 Å². The van der Waals surface area contributed by atoms with Gasteiger partial charge in [-0.1, -0.05) is 13.2 Å². The molecule has 0 rings (SSSR count). The van der Waals surface area contributed by atoms with Gasteiger partial charge in [0.2, 0.25) is 5.94 Å². The molecule has 0 unspecified atom stereocenters. The summed E-state index contributed by atoms with van der Waals surface area (Å²) in [5.74, 6) is -5.26. The number of hydrogen-bond acceptors (Lipinski definition) is 8. The van der Waals surface area contributed by atoms with Gasteiger partial charge in [0.15, 0.2) is 0 Å². The molecule has 24 heavy (non-hydrogen) atoms. The van der Waals surface area contributed by atoms with E-state index in [0.717, 1.165) is 0 Å². The molecular weight excluding hydrogens is 371 g/mol. The zero-order valence-corrected chi connectivity index (χ0v) is 17.7. The van der Waals surface area contributed by atoms with Crippen LogP contribution in [0.5, 0.6) is 0 Å². The van der Waals surface area contributed by atoms with Crippen molar-refractivity contribution < 1.29 is 94.4 Å². The summed E-state index contributed by atoms with van der Waals surface area (Å²) < 4.78 is 43.5. The van der Waals surface area contributed by atoms with E-state index < -0.39 is 53.1 Å². The van der Waals surface area contributed by atoms with E-state index in [1.165, 1.54) is 13.8 Å². The van der Waals surface area contributed by atoms with Crippen molar-refractivity contribution in [2.24, 2.45) is 5.92 Å². The Hall–Kier alpha value is -0.564. The summed E-state index contributed by atoms with van der Waals surface area (Å²) >= 11 is 0. The first kappa shape index (κ1) is 25.7. The topological polar surface area (TPSA) is 133 Å². The van der Waals surface area contributed by atoms with Crippen molar-refractivity contribution >= 4 is 28.0 Å². The largest absolute Gasteiger partial charge is 1.00 e. The quantitative estimate of drug-likeness (QED) is 0.147. The normalized spacial score (nSPS) is 10.3. The summed E-state index contributed by atoms with van der Waals surface area (Å²) in [5, 5.41) is 0. The molecule has 9 nitrogen and oxygen atoms in total. The molecule has 0 aromatic rings. The molecule has 0 aliphatic heterocycles. The Morgan fingerprint density at radius 3 is 1.67 bits per heavy atom. The smallest absolute Gasteiger partial charge is 1.00 e. The molecule has 0 amide bonds. The molecule has 0 bridgehead atoms. The van der Waals surface area contributed by atoms with Gasteiger partial charge in [0.1, 0.15) is 19.1 Å². The predicted octanol–water partition coefficient (Wildman–Crippen LogP) is -2.65. The van der Waals surface area contributed by atoms with Crippen molar-refractivity contribution in [1.29, 1.82) is 0 Å². The Kier molecular flexibility index (Phi) is 12.7. The van der Waals surface area contributed by atoms with Crippen LogP contribution in [0.3, 0.4) is 0 Å². The molecule has 0 aromatic heterocycles. The second kappa shape index (κ2) is 11.9. The zero-order valence-electron chi connectivity index (χ0n) is 14.7. The summed E-state index contributed by atoms with van der Waals surface area (Å²) in [7, 11) is -4.53. The number of rotatable bonds is 9. The van der Waals surface area contributed by atoms with Crippen molar-refractivity contribution in [3.05, 3.63) is 24.3 Å². The van der Waals surface area contributed by atoms with Crippen LogP contribution in [0.1, 0.15) is 15.3 Å². The monoisotopic (exact) mass is 390 g/mol. The van der Waals surface area contributed by atoms with Crippen LogP contribution in [0, 0.1) is 5.92 Å². The van der Waals surface area contributed by atoms with Crippen molar-refractivity contribution in [2.45, 2.75) is 13.8 Å². The minimum Gasteiger partial charge on any atom is -1.00 e. The molecule has 11 heteroatoms. The van der Waals surface area contributed by atoms with Gasteiger partial charge < -0.3 is 15.6 Å². The predicted molar refractivity (Wildman–Crippen MR) is 78.7 cm³/mol. The summed E-state index contributed by atoms with van der Waals surface area (Å²) in [4.78, 5) is 34.3. The van der Waals surface area contributed by atoms with E-state index in [1.807, 2.05) is 0 Å². The molecule has 1 N–H and O–H groups in total. The van der Waals surface area contributed by atoms with E-state index >= 15 is 0 Å². The van der Waals surface area contributed by atoms with Crippen LogP contribution < -0.4 is 51.4 Å². The van der Waals surface area contributed by atoms with Crippen LogP contribution in [-0.2, 0) is 38.7 Å². The van der Waals surface area contributed by atoms with Crippen molar-refractivity contribution in [2.75, 3.05) is 19.2 Å². The van der Waals surface area contributed by atoms with E-state index in [4.69, 9.17) is 14.0 Å². The Morgan fingerprint density at radius 1 is 1.00 bits per heavy atom. The minimum atomic E-state index is -4.53. The maximum atomic E-state index is 11.7. The minimum absolute atomic E-state index is 0. The molecule has 0 spiro atoms. The molecule has 0 heterocycles. The molecule has 0 radical (unpaired) electrons. The van der Waals surface area contributed by atoms with Gasteiger partial charge in [0.25, 0.3) is 0 Å². The fraction of sp³-hybridized carbons (Fsp3) is 0.462. The average Bonchev–Trinajstić information content (AvgIpc) is 2.42. The standard InChI is InChI=1S/C13H18O9S.K.H/c1-8(2)11(14)20-5-10(6-21-12(15)9(3)4)13(16)22-7-23(17,18)19;;/h10H,1,3,5-7H2,2,4H3,(H,17,18,19);;/q;+1;-1. The van der Waals surface area contributed by atoms with Gasteiger partial charge >= 0.3 is 79.4 Å². The average molecular weight is 390 g/mol. The zero-order chi connectivity index (χ0) is 18.2. The molecular formula is C13H19KO9S. The summed E-state index contributed by atoms with van der Waals surface area (Å²) in [5.41, 5.74) is 0.156. The maximum Gasteiger partial charge on any atom is 1.00 e. The molecule has 0 aliphatic rings. The number of carbonyl (C=O) groups excluding carboxylic acids is 3. The summed E-state index contributed by atoms with van der Waals surface area (Å²) in [6.45, 7) is 8.40. The van der Waals surface area contributed by atoms with E-state index in [0.29, 0.717) is 0 Å². The van der Waals surface area contributed by atoms with Gasteiger partial charge in [0, 0.05) is 11.1 Å². The van der Waals surface area contributed by atoms with Gasteiger partial charge in [-0.15, -0.1) is 0 Å². The number of esters is 3. The molecule has 0 aromatic carbocycles. The Bertz CT molecular complexity index is 585. The molecule has 0 aliphatic carbocycles. The molecule has 132 valence electrons. The third-order valence-electron chi connectivity index (χ3n) is 2.21. The fourth-order valence-corrected chi connectivity index (χ4v) is 1.30. The molecule has 0 fully saturated rings. The van der Waals surface area contributed by atoms with Gasteiger partial charge in [-0.05, 0) is 13.8 Å². The Balaban J connectivity index is -0.00000242. The van der Waals surface area contributed by atoms with Gasteiger partial charge in [0.05, 0.1) is 0 Å². The van der Waals surface area contributed by atoms with E-state index in [9.17, 15) is 22.8 Å². The Morgan fingerprint density at radius 2 is 1.38 bits per heavy atom. The van der Waals surface area contributed by atoms with Crippen LogP contribution in [0.15, 0.2) is 24.3 Å². The third-order valence-corrected chi connectivity index (χ3v) is 2.63. The van der Waals surface area contributed by atoms with E-state index in [-0.39, 0.29) is 64.0 Å². The first-order valence-electron chi connectivity index (χ1n) is 6.21. The second-order valence-corrected chi connectivity index (χ2v) is 6.02. The van der Waals surface area contributed by atoms with Gasteiger partial charge in [-0.2, -0.15) is 8.42 Å². The first-order chi connectivity index (χ1) is 10.4. The van der Waals surface area contributed by atoms with Crippen LogP contribution in [0.4, 0.5) is 0 Å². The van der Waals surface area contributed by atoms with Crippen LogP contribution >= 0.6 is 0 Å². The first-order valence-corrected chi connectivity index (χ1v) is 7.82. The fourth-order valence-electron chi connectivity index (χ4n) is 1.03. The van der Waals surface area contributed by atoms with Gasteiger partial charge in [-0.3, -0.25) is 9.35 Å².